The Hall–Kier alpha value is -1.02. The Labute approximate surface area is 99.2 Å². The van der Waals surface area contributed by atoms with Gasteiger partial charge in [-0.25, -0.2) is 0 Å². The monoisotopic (exact) mass is 220 g/mol. The summed E-state index contributed by atoms with van der Waals surface area (Å²) in [6.07, 6.45) is 1.01. The van der Waals surface area contributed by atoms with Gasteiger partial charge in [0.1, 0.15) is 0 Å². The molecule has 0 fully saturated rings. The van der Waals surface area contributed by atoms with Gasteiger partial charge in [0.2, 0.25) is 0 Å². The molecule has 16 heavy (non-hydrogen) atoms. The molecule has 0 aliphatic rings. The summed E-state index contributed by atoms with van der Waals surface area (Å²) in [4.78, 5) is 0. The van der Waals surface area contributed by atoms with E-state index in [0.717, 1.165) is 13.0 Å². The minimum Gasteiger partial charge on any atom is -0.385 e. The average Bonchev–Trinajstić information content (AvgIpc) is 2.20. The highest BCUT2D eigenvalue weighted by molar-refractivity contribution is 5.53. The summed E-state index contributed by atoms with van der Waals surface area (Å²) in [6, 6.07) is 6.91. The SMILES string of the molecule is Cc1ccc(C(C)C)cc1NCCC(C)N. The van der Waals surface area contributed by atoms with E-state index < -0.39 is 0 Å². The van der Waals surface area contributed by atoms with Crippen LogP contribution in [0, 0.1) is 6.92 Å². The Kier molecular flexibility index (Phi) is 4.81. The molecule has 0 aromatic heterocycles. The quantitative estimate of drug-likeness (QED) is 0.799. The van der Waals surface area contributed by atoms with E-state index in [1.165, 1.54) is 16.8 Å². The standard InChI is InChI=1S/C14H24N2/c1-10(2)13-6-5-11(3)14(9-13)16-8-7-12(4)15/h5-6,9-10,12,16H,7-8,15H2,1-4H3. The van der Waals surface area contributed by atoms with Crippen LogP contribution in [0.2, 0.25) is 0 Å². The van der Waals surface area contributed by atoms with Crippen LogP contribution in [0.25, 0.3) is 0 Å². The lowest BCUT2D eigenvalue weighted by Gasteiger charge is -2.14. The van der Waals surface area contributed by atoms with Gasteiger partial charge in [0.05, 0.1) is 0 Å². The Balaban J connectivity index is 2.67. The number of anilines is 1. The van der Waals surface area contributed by atoms with Crippen molar-refractivity contribution >= 4 is 5.69 Å². The van der Waals surface area contributed by atoms with Crippen LogP contribution in [0.3, 0.4) is 0 Å². The van der Waals surface area contributed by atoms with Gasteiger partial charge < -0.3 is 11.1 Å². The second kappa shape index (κ2) is 5.90. The Bertz CT molecular complexity index is 330. The summed E-state index contributed by atoms with van der Waals surface area (Å²) < 4.78 is 0. The summed E-state index contributed by atoms with van der Waals surface area (Å²) in [6.45, 7) is 9.56. The van der Waals surface area contributed by atoms with Crippen LogP contribution in [0.15, 0.2) is 18.2 Å². The summed E-state index contributed by atoms with van der Waals surface area (Å²) in [7, 11) is 0. The molecule has 0 aliphatic heterocycles. The topological polar surface area (TPSA) is 38.0 Å². The number of hydrogen-bond acceptors (Lipinski definition) is 2. The van der Waals surface area contributed by atoms with E-state index >= 15 is 0 Å². The molecule has 0 spiro atoms. The van der Waals surface area contributed by atoms with Crippen LogP contribution >= 0.6 is 0 Å². The van der Waals surface area contributed by atoms with Crippen LogP contribution in [0.1, 0.15) is 44.2 Å². The number of rotatable bonds is 5. The largest absolute Gasteiger partial charge is 0.385 e. The molecule has 2 nitrogen and oxygen atoms in total. The summed E-state index contributed by atoms with van der Waals surface area (Å²) in [5.41, 5.74) is 9.66. The van der Waals surface area contributed by atoms with Crippen LogP contribution in [0.4, 0.5) is 5.69 Å². The highest BCUT2D eigenvalue weighted by Gasteiger charge is 2.03. The highest BCUT2D eigenvalue weighted by Crippen LogP contribution is 2.22. The first kappa shape index (κ1) is 13.0. The molecule has 0 amide bonds. The van der Waals surface area contributed by atoms with Crippen molar-refractivity contribution < 1.29 is 0 Å². The van der Waals surface area contributed by atoms with Gasteiger partial charge in [-0.05, 0) is 43.4 Å². The maximum absolute atomic E-state index is 5.73. The van der Waals surface area contributed by atoms with Crippen molar-refractivity contribution in [1.29, 1.82) is 0 Å². The first-order valence-electron chi connectivity index (χ1n) is 6.10. The molecule has 90 valence electrons. The van der Waals surface area contributed by atoms with E-state index in [2.05, 4.69) is 44.3 Å². The molecule has 0 bridgehead atoms. The maximum atomic E-state index is 5.73. The number of aryl methyl sites for hydroxylation is 1. The summed E-state index contributed by atoms with van der Waals surface area (Å²) in [5, 5.41) is 3.46. The van der Waals surface area contributed by atoms with E-state index in [4.69, 9.17) is 5.73 Å². The normalized spacial score (nSPS) is 12.9. The molecule has 1 atom stereocenters. The van der Waals surface area contributed by atoms with E-state index in [9.17, 15) is 0 Å². The second-order valence-corrected chi connectivity index (χ2v) is 4.92. The average molecular weight is 220 g/mol. The molecule has 1 rings (SSSR count). The first-order chi connectivity index (χ1) is 7.50. The third-order valence-corrected chi connectivity index (χ3v) is 2.84. The number of hydrogen-bond donors (Lipinski definition) is 2. The van der Waals surface area contributed by atoms with Crippen molar-refractivity contribution in [1.82, 2.24) is 0 Å². The van der Waals surface area contributed by atoms with Gasteiger partial charge in [0.15, 0.2) is 0 Å². The molecule has 1 unspecified atom stereocenters. The van der Waals surface area contributed by atoms with E-state index in [0.29, 0.717) is 5.92 Å². The fourth-order valence-corrected chi connectivity index (χ4v) is 1.62. The molecule has 0 heterocycles. The molecule has 3 N–H and O–H groups in total. The van der Waals surface area contributed by atoms with E-state index in [-0.39, 0.29) is 6.04 Å². The third-order valence-electron chi connectivity index (χ3n) is 2.84. The van der Waals surface area contributed by atoms with Crippen LogP contribution < -0.4 is 11.1 Å². The van der Waals surface area contributed by atoms with Crippen LogP contribution in [0.5, 0.6) is 0 Å². The van der Waals surface area contributed by atoms with Gasteiger partial charge >= 0.3 is 0 Å². The van der Waals surface area contributed by atoms with Crippen molar-refractivity contribution in [3.8, 4) is 0 Å². The number of nitrogens with one attached hydrogen (secondary N) is 1. The molecule has 2 heteroatoms. The van der Waals surface area contributed by atoms with E-state index in [1.54, 1.807) is 0 Å². The summed E-state index contributed by atoms with van der Waals surface area (Å²) >= 11 is 0. The van der Waals surface area contributed by atoms with Gasteiger partial charge in [0.25, 0.3) is 0 Å². The van der Waals surface area contributed by atoms with Crippen LogP contribution in [-0.2, 0) is 0 Å². The summed E-state index contributed by atoms with van der Waals surface area (Å²) in [5.74, 6) is 0.578. The fourth-order valence-electron chi connectivity index (χ4n) is 1.62. The van der Waals surface area contributed by atoms with Gasteiger partial charge in [-0.1, -0.05) is 26.0 Å². The number of nitrogens with two attached hydrogens (primary N) is 1. The number of benzene rings is 1. The molecular formula is C14H24N2. The Morgan fingerprint density at radius 3 is 2.50 bits per heavy atom. The zero-order valence-corrected chi connectivity index (χ0v) is 10.9. The Morgan fingerprint density at radius 1 is 1.25 bits per heavy atom. The van der Waals surface area contributed by atoms with Crippen molar-refractivity contribution in [2.24, 2.45) is 5.73 Å². The molecule has 0 aliphatic carbocycles. The predicted octanol–water partition coefficient (Wildman–Crippen LogP) is 3.27. The smallest absolute Gasteiger partial charge is 0.0372 e. The molecular weight excluding hydrogens is 196 g/mol. The molecule has 1 aromatic carbocycles. The van der Waals surface area contributed by atoms with Crippen molar-refractivity contribution in [3.05, 3.63) is 29.3 Å². The minimum absolute atomic E-state index is 0.265. The first-order valence-corrected chi connectivity index (χ1v) is 6.10. The van der Waals surface area contributed by atoms with Gasteiger partial charge in [-0.15, -0.1) is 0 Å². The minimum atomic E-state index is 0.265. The lowest BCUT2D eigenvalue weighted by atomic mass is 10.0. The van der Waals surface area contributed by atoms with Crippen molar-refractivity contribution in [2.75, 3.05) is 11.9 Å². The van der Waals surface area contributed by atoms with Crippen LogP contribution in [-0.4, -0.2) is 12.6 Å². The third kappa shape index (κ3) is 3.86. The van der Waals surface area contributed by atoms with Gasteiger partial charge in [-0.2, -0.15) is 0 Å². The van der Waals surface area contributed by atoms with Gasteiger partial charge in [0, 0.05) is 18.3 Å². The molecule has 0 saturated carbocycles. The predicted molar refractivity (Wildman–Crippen MR) is 72.0 cm³/mol. The molecule has 1 aromatic rings. The Morgan fingerprint density at radius 2 is 1.94 bits per heavy atom. The van der Waals surface area contributed by atoms with Crippen molar-refractivity contribution in [2.45, 2.75) is 46.1 Å². The van der Waals surface area contributed by atoms with Crippen molar-refractivity contribution in [3.63, 3.8) is 0 Å². The lowest BCUT2D eigenvalue weighted by Crippen LogP contribution is -2.19. The van der Waals surface area contributed by atoms with E-state index in [1.807, 2.05) is 6.92 Å². The molecule has 0 saturated heterocycles. The highest BCUT2D eigenvalue weighted by atomic mass is 14.9. The fraction of sp³-hybridized carbons (Fsp3) is 0.571. The second-order valence-electron chi connectivity index (χ2n) is 4.92. The zero-order chi connectivity index (χ0) is 12.1. The maximum Gasteiger partial charge on any atom is 0.0372 e. The lowest BCUT2D eigenvalue weighted by molar-refractivity contribution is 0.690. The van der Waals surface area contributed by atoms with Gasteiger partial charge in [-0.3, -0.25) is 0 Å². The molecule has 0 radical (unpaired) electrons. The zero-order valence-electron chi connectivity index (χ0n) is 10.9.